The van der Waals surface area contributed by atoms with Crippen molar-refractivity contribution in [3.63, 3.8) is 0 Å². The Balaban J connectivity index is 2.54. The fraction of sp³-hybridized carbons (Fsp3) is 0.533. The second-order valence-corrected chi connectivity index (χ2v) is 4.60. The molecule has 0 heterocycles. The maximum Gasteiger partial charge on any atom is 0.224 e. The molecule has 0 radical (unpaired) electrons. The molecule has 18 heavy (non-hydrogen) atoms. The van der Waals surface area contributed by atoms with Gasteiger partial charge in [0.15, 0.2) is 0 Å². The SMILES string of the molecule is CCCNC(C)c1ccc(NC(=O)CCC)cc1. The summed E-state index contributed by atoms with van der Waals surface area (Å²) in [5.41, 5.74) is 2.12. The molecular weight excluding hydrogens is 224 g/mol. The van der Waals surface area contributed by atoms with Gasteiger partial charge in [0, 0.05) is 18.2 Å². The van der Waals surface area contributed by atoms with Crippen molar-refractivity contribution in [3.8, 4) is 0 Å². The van der Waals surface area contributed by atoms with Gasteiger partial charge in [-0.2, -0.15) is 0 Å². The first kappa shape index (κ1) is 14.7. The topological polar surface area (TPSA) is 41.1 Å². The Morgan fingerprint density at radius 3 is 2.39 bits per heavy atom. The Morgan fingerprint density at radius 1 is 1.17 bits per heavy atom. The van der Waals surface area contributed by atoms with E-state index < -0.39 is 0 Å². The molecule has 0 aliphatic heterocycles. The van der Waals surface area contributed by atoms with Crippen molar-refractivity contribution in [1.29, 1.82) is 0 Å². The highest BCUT2D eigenvalue weighted by Crippen LogP contribution is 2.16. The number of hydrogen-bond donors (Lipinski definition) is 2. The van der Waals surface area contributed by atoms with E-state index >= 15 is 0 Å². The third kappa shape index (κ3) is 4.88. The van der Waals surface area contributed by atoms with Crippen molar-refractivity contribution >= 4 is 11.6 Å². The van der Waals surface area contributed by atoms with Gasteiger partial charge < -0.3 is 10.6 Å². The van der Waals surface area contributed by atoms with Gasteiger partial charge in [-0.3, -0.25) is 4.79 Å². The molecule has 3 nitrogen and oxygen atoms in total. The summed E-state index contributed by atoms with van der Waals surface area (Å²) in [5.74, 6) is 0.0856. The van der Waals surface area contributed by atoms with Crippen LogP contribution in [0.4, 0.5) is 5.69 Å². The van der Waals surface area contributed by atoms with E-state index in [-0.39, 0.29) is 5.91 Å². The predicted molar refractivity (Wildman–Crippen MR) is 76.7 cm³/mol. The van der Waals surface area contributed by atoms with Crippen molar-refractivity contribution in [2.75, 3.05) is 11.9 Å². The van der Waals surface area contributed by atoms with Crippen LogP contribution in [0.15, 0.2) is 24.3 Å². The number of amides is 1. The number of rotatable bonds is 7. The maximum atomic E-state index is 11.4. The van der Waals surface area contributed by atoms with Crippen LogP contribution < -0.4 is 10.6 Å². The molecule has 1 unspecified atom stereocenters. The Bertz CT molecular complexity index is 359. The Morgan fingerprint density at radius 2 is 1.83 bits per heavy atom. The summed E-state index contributed by atoms with van der Waals surface area (Å²) in [4.78, 5) is 11.4. The van der Waals surface area contributed by atoms with Gasteiger partial charge in [-0.05, 0) is 44.0 Å². The van der Waals surface area contributed by atoms with Crippen molar-refractivity contribution in [2.24, 2.45) is 0 Å². The van der Waals surface area contributed by atoms with Crippen LogP contribution in [-0.4, -0.2) is 12.5 Å². The molecule has 1 amide bonds. The standard InChI is InChI=1S/C15H24N2O/c1-4-6-15(18)17-14-9-7-13(8-10-14)12(3)16-11-5-2/h7-10,12,16H,4-6,11H2,1-3H3,(H,17,18). The minimum atomic E-state index is 0.0856. The summed E-state index contributed by atoms with van der Waals surface area (Å²) in [7, 11) is 0. The first-order valence-electron chi connectivity index (χ1n) is 6.80. The Labute approximate surface area is 110 Å². The summed E-state index contributed by atoms with van der Waals surface area (Å²) >= 11 is 0. The number of benzene rings is 1. The van der Waals surface area contributed by atoms with Crippen LogP contribution in [-0.2, 0) is 4.79 Å². The van der Waals surface area contributed by atoms with Gasteiger partial charge in [0.05, 0.1) is 0 Å². The summed E-state index contributed by atoms with van der Waals surface area (Å²) < 4.78 is 0. The zero-order chi connectivity index (χ0) is 13.4. The number of hydrogen-bond acceptors (Lipinski definition) is 2. The number of nitrogens with one attached hydrogen (secondary N) is 2. The largest absolute Gasteiger partial charge is 0.326 e. The van der Waals surface area contributed by atoms with Crippen LogP contribution in [0.1, 0.15) is 51.6 Å². The molecule has 0 aliphatic rings. The number of anilines is 1. The molecule has 0 aliphatic carbocycles. The lowest BCUT2D eigenvalue weighted by Crippen LogP contribution is -2.19. The van der Waals surface area contributed by atoms with E-state index in [0.717, 1.165) is 25.1 Å². The van der Waals surface area contributed by atoms with Crippen molar-refractivity contribution in [3.05, 3.63) is 29.8 Å². The third-order valence-corrected chi connectivity index (χ3v) is 2.87. The van der Waals surface area contributed by atoms with E-state index in [9.17, 15) is 4.79 Å². The second-order valence-electron chi connectivity index (χ2n) is 4.60. The van der Waals surface area contributed by atoms with Gasteiger partial charge in [-0.15, -0.1) is 0 Å². The minimum Gasteiger partial charge on any atom is -0.326 e. The molecule has 100 valence electrons. The summed E-state index contributed by atoms with van der Waals surface area (Å²) in [6.07, 6.45) is 2.59. The first-order chi connectivity index (χ1) is 8.67. The van der Waals surface area contributed by atoms with E-state index in [1.54, 1.807) is 0 Å². The maximum absolute atomic E-state index is 11.4. The molecule has 0 bridgehead atoms. The van der Waals surface area contributed by atoms with Crippen LogP contribution in [0.5, 0.6) is 0 Å². The monoisotopic (exact) mass is 248 g/mol. The van der Waals surface area contributed by atoms with E-state index in [4.69, 9.17) is 0 Å². The molecule has 3 heteroatoms. The molecule has 0 saturated heterocycles. The highest BCUT2D eigenvalue weighted by Gasteiger charge is 2.05. The molecule has 1 aromatic carbocycles. The highest BCUT2D eigenvalue weighted by molar-refractivity contribution is 5.90. The fourth-order valence-electron chi connectivity index (χ4n) is 1.78. The molecule has 1 rings (SSSR count). The predicted octanol–water partition coefficient (Wildman–Crippen LogP) is 3.49. The van der Waals surface area contributed by atoms with Gasteiger partial charge in [-0.1, -0.05) is 26.0 Å². The fourth-order valence-corrected chi connectivity index (χ4v) is 1.78. The van der Waals surface area contributed by atoms with Gasteiger partial charge in [0.2, 0.25) is 5.91 Å². The van der Waals surface area contributed by atoms with Crippen molar-refractivity contribution < 1.29 is 4.79 Å². The van der Waals surface area contributed by atoms with E-state index in [1.807, 2.05) is 19.1 Å². The van der Waals surface area contributed by atoms with E-state index in [0.29, 0.717) is 12.5 Å². The van der Waals surface area contributed by atoms with E-state index in [2.05, 4.69) is 36.6 Å². The molecule has 1 aromatic rings. The highest BCUT2D eigenvalue weighted by atomic mass is 16.1. The number of carbonyl (C=O) groups excluding carboxylic acids is 1. The average molecular weight is 248 g/mol. The van der Waals surface area contributed by atoms with Crippen LogP contribution in [0, 0.1) is 0 Å². The average Bonchev–Trinajstić information content (AvgIpc) is 2.37. The quantitative estimate of drug-likeness (QED) is 0.775. The Kier molecular flexibility index (Phi) is 6.44. The second kappa shape index (κ2) is 7.88. The van der Waals surface area contributed by atoms with Crippen LogP contribution in [0.3, 0.4) is 0 Å². The van der Waals surface area contributed by atoms with Crippen molar-refractivity contribution in [1.82, 2.24) is 5.32 Å². The molecule has 0 aromatic heterocycles. The molecular formula is C15H24N2O. The van der Waals surface area contributed by atoms with E-state index in [1.165, 1.54) is 5.56 Å². The van der Waals surface area contributed by atoms with Crippen LogP contribution in [0.2, 0.25) is 0 Å². The summed E-state index contributed by atoms with van der Waals surface area (Å²) in [5, 5.41) is 6.33. The normalized spacial score (nSPS) is 12.2. The van der Waals surface area contributed by atoms with Crippen LogP contribution >= 0.6 is 0 Å². The first-order valence-corrected chi connectivity index (χ1v) is 6.80. The molecule has 0 saturated carbocycles. The zero-order valence-electron chi connectivity index (χ0n) is 11.6. The molecule has 0 fully saturated rings. The minimum absolute atomic E-state index is 0.0856. The summed E-state index contributed by atoms with van der Waals surface area (Å²) in [6.45, 7) is 7.34. The third-order valence-electron chi connectivity index (χ3n) is 2.87. The lowest BCUT2D eigenvalue weighted by molar-refractivity contribution is -0.116. The summed E-state index contributed by atoms with van der Waals surface area (Å²) in [6, 6.07) is 8.41. The molecule has 1 atom stereocenters. The van der Waals surface area contributed by atoms with Gasteiger partial charge in [0.1, 0.15) is 0 Å². The van der Waals surface area contributed by atoms with Gasteiger partial charge in [-0.25, -0.2) is 0 Å². The lowest BCUT2D eigenvalue weighted by Gasteiger charge is -2.14. The lowest BCUT2D eigenvalue weighted by atomic mass is 10.1. The van der Waals surface area contributed by atoms with Crippen molar-refractivity contribution in [2.45, 2.75) is 46.1 Å². The molecule has 2 N–H and O–H groups in total. The Hall–Kier alpha value is -1.35. The van der Waals surface area contributed by atoms with Crippen LogP contribution in [0.25, 0.3) is 0 Å². The number of carbonyl (C=O) groups is 1. The van der Waals surface area contributed by atoms with Gasteiger partial charge in [0.25, 0.3) is 0 Å². The van der Waals surface area contributed by atoms with Gasteiger partial charge >= 0.3 is 0 Å². The zero-order valence-corrected chi connectivity index (χ0v) is 11.6. The smallest absolute Gasteiger partial charge is 0.224 e. The molecule has 0 spiro atoms.